The van der Waals surface area contributed by atoms with Crippen molar-refractivity contribution in [3.63, 3.8) is 0 Å². The van der Waals surface area contributed by atoms with E-state index in [1.54, 1.807) is 0 Å². The molecule has 3 nitrogen and oxygen atoms in total. The standard InChI is InChI=1S/C14H25N3/c1-9(2)7-15-8-13-11(5)16-14(10(3)4)17-12(13)6/h9-10,15H,7-8H2,1-6H3. The van der Waals surface area contributed by atoms with Crippen molar-refractivity contribution in [1.82, 2.24) is 15.3 Å². The molecule has 96 valence electrons. The summed E-state index contributed by atoms with van der Waals surface area (Å²) in [7, 11) is 0. The normalized spacial score (nSPS) is 11.5. The largest absolute Gasteiger partial charge is 0.312 e. The lowest BCUT2D eigenvalue weighted by atomic mass is 10.1. The maximum absolute atomic E-state index is 4.58. The van der Waals surface area contributed by atoms with E-state index in [1.165, 1.54) is 5.56 Å². The molecule has 0 spiro atoms. The Morgan fingerprint density at radius 2 is 1.53 bits per heavy atom. The molecule has 0 amide bonds. The summed E-state index contributed by atoms with van der Waals surface area (Å²) in [5.74, 6) is 2.02. The van der Waals surface area contributed by atoms with Gasteiger partial charge in [-0.3, -0.25) is 0 Å². The molecule has 1 aromatic rings. The van der Waals surface area contributed by atoms with Crippen molar-refractivity contribution in [2.75, 3.05) is 6.54 Å². The molecule has 0 saturated carbocycles. The van der Waals surface area contributed by atoms with Crippen LogP contribution in [0.1, 0.15) is 56.4 Å². The maximum Gasteiger partial charge on any atom is 0.131 e. The quantitative estimate of drug-likeness (QED) is 0.852. The van der Waals surface area contributed by atoms with E-state index in [0.717, 1.165) is 30.3 Å². The van der Waals surface area contributed by atoms with E-state index in [0.29, 0.717) is 11.8 Å². The van der Waals surface area contributed by atoms with Crippen molar-refractivity contribution >= 4 is 0 Å². The lowest BCUT2D eigenvalue weighted by Crippen LogP contribution is -2.21. The molecular formula is C14H25N3. The Kier molecular flexibility index (Phi) is 5.06. The van der Waals surface area contributed by atoms with Gasteiger partial charge >= 0.3 is 0 Å². The predicted octanol–water partition coefficient (Wildman–Crippen LogP) is 2.96. The maximum atomic E-state index is 4.58. The predicted molar refractivity (Wildman–Crippen MR) is 72.1 cm³/mol. The highest BCUT2D eigenvalue weighted by Crippen LogP contribution is 2.15. The summed E-state index contributed by atoms with van der Waals surface area (Å²) < 4.78 is 0. The highest BCUT2D eigenvalue weighted by molar-refractivity contribution is 5.24. The molecular weight excluding hydrogens is 210 g/mol. The van der Waals surface area contributed by atoms with Gasteiger partial charge in [-0.05, 0) is 26.3 Å². The molecule has 1 aromatic heterocycles. The van der Waals surface area contributed by atoms with Crippen LogP contribution < -0.4 is 5.32 Å². The molecule has 1 heterocycles. The molecule has 0 fully saturated rings. The summed E-state index contributed by atoms with van der Waals surface area (Å²) in [6.45, 7) is 14.7. The summed E-state index contributed by atoms with van der Waals surface area (Å²) in [5, 5.41) is 3.45. The minimum absolute atomic E-state index is 0.394. The number of nitrogens with zero attached hydrogens (tertiary/aromatic N) is 2. The molecule has 0 bridgehead atoms. The highest BCUT2D eigenvalue weighted by Gasteiger charge is 2.10. The first-order chi connectivity index (χ1) is 7.91. The third-order valence-electron chi connectivity index (χ3n) is 2.81. The molecule has 0 aromatic carbocycles. The number of aromatic nitrogens is 2. The average molecular weight is 235 g/mol. The molecule has 0 radical (unpaired) electrons. The molecule has 0 aliphatic heterocycles. The molecule has 0 aliphatic carbocycles. The van der Waals surface area contributed by atoms with Crippen molar-refractivity contribution < 1.29 is 0 Å². The monoisotopic (exact) mass is 235 g/mol. The van der Waals surface area contributed by atoms with Gasteiger partial charge in [0.2, 0.25) is 0 Å². The number of rotatable bonds is 5. The minimum atomic E-state index is 0.394. The number of nitrogens with one attached hydrogen (secondary N) is 1. The van der Waals surface area contributed by atoms with E-state index in [4.69, 9.17) is 0 Å². The highest BCUT2D eigenvalue weighted by atomic mass is 14.9. The summed E-state index contributed by atoms with van der Waals surface area (Å²) in [4.78, 5) is 9.16. The van der Waals surface area contributed by atoms with Gasteiger partial charge in [-0.15, -0.1) is 0 Å². The van der Waals surface area contributed by atoms with E-state index < -0.39 is 0 Å². The summed E-state index contributed by atoms with van der Waals surface area (Å²) >= 11 is 0. The van der Waals surface area contributed by atoms with Gasteiger partial charge < -0.3 is 5.32 Å². The second kappa shape index (κ2) is 6.10. The molecule has 0 unspecified atom stereocenters. The molecule has 17 heavy (non-hydrogen) atoms. The lowest BCUT2D eigenvalue weighted by molar-refractivity contribution is 0.548. The SMILES string of the molecule is Cc1nc(C(C)C)nc(C)c1CNCC(C)C. The first-order valence-electron chi connectivity index (χ1n) is 6.46. The first kappa shape index (κ1) is 14.1. The smallest absolute Gasteiger partial charge is 0.131 e. The molecule has 1 rings (SSSR count). The molecule has 0 atom stereocenters. The Hall–Kier alpha value is -0.960. The molecule has 3 heteroatoms. The molecule has 1 N–H and O–H groups in total. The first-order valence-corrected chi connectivity index (χ1v) is 6.46. The van der Waals surface area contributed by atoms with Crippen LogP contribution in [0.4, 0.5) is 0 Å². The van der Waals surface area contributed by atoms with Gasteiger partial charge in [0.15, 0.2) is 0 Å². The van der Waals surface area contributed by atoms with Gasteiger partial charge in [0, 0.05) is 29.4 Å². The topological polar surface area (TPSA) is 37.8 Å². The van der Waals surface area contributed by atoms with Crippen LogP contribution in [0.15, 0.2) is 0 Å². The van der Waals surface area contributed by atoms with Crippen LogP contribution in [0.3, 0.4) is 0 Å². The van der Waals surface area contributed by atoms with Crippen LogP contribution in [-0.2, 0) is 6.54 Å². The summed E-state index contributed by atoms with van der Waals surface area (Å²) in [6.07, 6.45) is 0. The van der Waals surface area contributed by atoms with Gasteiger partial charge in [0.1, 0.15) is 5.82 Å². The van der Waals surface area contributed by atoms with Gasteiger partial charge in [-0.1, -0.05) is 27.7 Å². The Bertz CT molecular complexity index is 347. The van der Waals surface area contributed by atoms with Crippen molar-refractivity contribution in [1.29, 1.82) is 0 Å². The summed E-state index contributed by atoms with van der Waals surface area (Å²) in [6, 6.07) is 0. The Morgan fingerprint density at radius 3 is 1.94 bits per heavy atom. The second-order valence-electron chi connectivity index (χ2n) is 5.41. The van der Waals surface area contributed by atoms with Gasteiger partial charge in [0.05, 0.1) is 0 Å². The van der Waals surface area contributed by atoms with Gasteiger partial charge in [-0.2, -0.15) is 0 Å². The number of hydrogen-bond donors (Lipinski definition) is 1. The van der Waals surface area contributed by atoms with Crippen LogP contribution >= 0.6 is 0 Å². The molecule has 0 aliphatic rings. The van der Waals surface area contributed by atoms with Crippen molar-refractivity contribution in [2.24, 2.45) is 5.92 Å². The number of hydrogen-bond acceptors (Lipinski definition) is 3. The van der Waals surface area contributed by atoms with Crippen LogP contribution in [0.5, 0.6) is 0 Å². The van der Waals surface area contributed by atoms with Crippen LogP contribution in [0, 0.1) is 19.8 Å². The lowest BCUT2D eigenvalue weighted by Gasteiger charge is -2.14. The Balaban J connectivity index is 2.79. The van der Waals surface area contributed by atoms with Gasteiger partial charge in [-0.25, -0.2) is 9.97 Å². The van der Waals surface area contributed by atoms with Gasteiger partial charge in [0.25, 0.3) is 0 Å². The number of aryl methyl sites for hydroxylation is 2. The zero-order valence-electron chi connectivity index (χ0n) is 12.0. The molecule has 0 saturated heterocycles. The van der Waals surface area contributed by atoms with E-state index in [9.17, 15) is 0 Å². The third kappa shape index (κ3) is 4.08. The second-order valence-corrected chi connectivity index (χ2v) is 5.41. The van der Waals surface area contributed by atoms with Crippen LogP contribution in [-0.4, -0.2) is 16.5 Å². The van der Waals surface area contributed by atoms with Crippen LogP contribution in [0.25, 0.3) is 0 Å². The van der Waals surface area contributed by atoms with Crippen LogP contribution in [0.2, 0.25) is 0 Å². The van der Waals surface area contributed by atoms with Crippen molar-refractivity contribution in [3.8, 4) is 0 Å². The third-order valence-corrected chi connectivity index (χ3v) is 2.81. The Labute approximate surface area is 105 Å². The van der Waals surface area contributed by atoms with Crippen molar-refractivity contribution in [3.05, 3.63) is 22.8 Å². The van der Waals surface area contributed by atoms with E-state index in [2.05, 4.69) is 56.8 Å². The fourth-order valence-corrected chi connectivity index (χ4v) is 1.77. The van der Waals surface area contributed by atoms with E-state index in [-0.39, 0.29) is 0 Å². The zero-order valence-corrected chi connectivity index (χ0v) is 12.0. The Morgan fingerprint density at radius 1 is 1.00 bits per heavy atom. The summed E-state index contributed by atoms with van der Waals surface area (Å²) in [5.41, 5.74) is 3.46. The minimum Gasteiger partial charge on any atom is -0.312 e. The van der Waals surface area contributed by atoms with E-state index in [1.807, 2.05) is 0 Å². The fourth-order valence-electron chi connectivity index (χ4n) is 1.77. The fraction of sp³-hybridized carbons (Fsp3) is 0.714. The zero-order chi connectivity index (χ0) is 13.0. The van der Waals surface area contributed by atoms with E-state index >= 15 is 0 Å². The van der Waals surface area contributed by atoms with Crippen molar-refractivity contribution in [2.45, 2.75) is 54.0 Å². The average Bonchev–Trinajstić information content (AvgIpc) is 2.21.